The average molecular weight is 139 g/mol. The van der Waals surface area contributed by atoms with Crippen molar-refractivity contribution in [3.63, 3.8) is 0 Å². The Balaban J connectivity index is 2.83. The van der Waals surface area contributed by atoms with Crippen LogP contribution in [-0.4, -0.2) is 11.6 Å². The minimum Gasteiger partial charge on any atom is -0.179 e. The Labute approximate surface area is 55.7 Å². The number of alkyl halides is 1. The molecular formula is C5H11ClS. The van der Waals surface area contributed by atoms with Crippen LogP contribution in [0.15, 0.2) is 0 Å². The quantitative estimate of drug-likeness (QED) is 0.449. The van der Waals surface area contributed by atoms with Crippen LogP contribution in [0, 0.1) is 5.92 Å². The Morgan fingerprint density at radius 2 is 2.29 bits per heavy atom. The topological polar surface area (TPSA) is 0 Å². The Bertz CT molecular complexity index is 39.1. The zero-order valence-electron chi connectivity index (χ0n) is 4.52. The van der Waals surface area contributed by atoms with E-state index in [0.717, 1.165) is 18.1 Å². The van der Waals surface area contributed by atoms with Gasteiger partial charge in [0.15, 0.2) is 0 Å². The molecule has 0 saturated carbocycles. The minimum absolute atomic E-state index is 0.638. The summed E-state index contributed by atoms with van der Waals surface area (Å²) in [6, 6.07) is 0. The number of thiol groups is 1. The third-order valence-corrected chi connectivity index (χ3v) is 1.67. The van der Waals surface area contributed by atoms with E-state index in [1.807, 2.05) is 0 Å². The van der Waals surface area contributed by atoms with E-state index >= 15 is 0 Å². The van der Waals surface area contributed by atoms with Crippen LogP contribution in [0.1, 0.15) is 13.3 Å². The highest BCUT2D eigenvalue weighted by Crippen LogP contribution is 2.03. The summed E-state index contributed by atoms with van der Waals surface area (Å²) < 4.78 is 0. The molecule has 2 heteroatoms. The molecule has 0 rings (SSSR count). The normalized spacial score (nSPS) is 14.1. The van der Waals surface area contributed by atoms with Crippen molar-refractivity contribution in [2.24, 2.45) is 5.92 Å². The molecule has 0 spiro atoms. The fourth-order valence-corrected chi connectivity index (χ4v) is 0.893. The molecule has 0 N–H and O–H groups in total. The molecule has 0 aromatic carbocycles. The van der Waals surface area contributed by atoms with Gasteiger partial charge in [-0.05, 0) is 18.1 Å². The van der Waals surface area contributed by atoms with Crippen LogP contribution in [0.3, 0.4) is 0 Å². The van der Waals surface area contributed by atoms with E-state index in [2.05, 4.69) is 19.6 Å². The Hall–Kier alpha value is 0.640. The highest BCUT2D eigenvalue weighted by Gasteiger charge is 1.94. The van der Waals surface area contributed by atoms with Crippen molar-refractivity contribution < 1.29 is 0 Å². The average Bonchev–Trinajstić information content (AvgIpc) is 1.68. The summed E-state index contributed by atoms with van der Waals surface area (Å²) in [4.78, 5) is 0. The van der Waals surface area contributed by atoms with Crippen molar-refractivity contribution in [1.29, 1.82) is 0 Å². The third-order valence-electron chi connectivity index (χ3n) is 0.885. The van der Waals surface area contributed by atoms with E-state index in [-0.39, 0.29) is 0 Å². The standard InChI is InChI=1S/C5H11ClS/c1-5(4-6)2-3-7/h5,7H,2-4H2,1H3. The SMILES string of the molecule is CC(CCl)CCS. The van der Waals surface area contributed by atoms with Gasteiger partial charge in [0.05, 0.1) is 0 Å². The predicted molar refractivity (Wildman–Crippen MR) is 38.4 cm³/mol. The van der Waals surface area contributed by atoms with Gasteiger partial charge in [0.2, 0.25) is 0 Å². The van der Waals surface area contributed by atoms with E-state index in [0.29, 0.717) is 5.92 Å². The van der Waals surface area contributed by atoms with Gasteiger partial charge in [-0.3, -0.25) is 0 Å². The summed E-state index contributed by atoms with van der Waals surface area (Å²) >= 11 is 9.55. The van der Waals surface area contributed by atoms with Gasteiger partial charge in [-0.25, -0.2) is 0 Å². The molecule has 44 valence electrons. The second kappa shape index (κ2) is 4.79. The molecule has 0 aliphatic heterocycles. The van der Waals surface area contributed by atoms with Crippen molar-refractivity contribution in [3.8, 4) is 0 Å². The van der Waals surface area contributed by atoms with Gasteiger partial charge in [-0.2, -0.15) is 12.6 Å². The van der Waals surface area contributed by atoms with Crippen molar-refractivity contribution in [1.82, 2.24) is 0 Å². The molecule has 0 bridgehead atoms. The third kappa shape index (κ3) is 4.49. The smallest absolute Gasteiger partial charge is 0.0249 e. The van der Waals surface area contributed by atoms with E-state index in [9.17, 15) is 0 Å². The van der Waals surface area contributed by atoms with Crippen LogP contribution in [-0.2, 0) is 0 Å². The van der Waals surface area contributed by atoms with Crippen molar-refractivity contribution in [2.75, 3.05) is 11.6 Å². The largest absolute Gasteiger partial charge is 0.179 e. The first-order valence-corrected chi connectivity index (χ1v) is 3.64. The van der Waals surface area contributed by atoms with E-state index in [1.54, 1.807) is 0 Å². The van der Waals surface area contributed by atoms with Crippen LogP contribution in [0.4, 0.5) is 0 Å². The summed E-state index contributed by atoms with van der Waals surface area (Å²) in [5.74, 6) is 2.35. The molecule has 0 aliphatic rings. The Kier molecular flexibility index (Phi) is 5.23. The molecule has 0 aliphatic carbocycles. The Morgan fingerprint density at radius 1 is 1.71 bits per heavy atom. The molecule has 1 atom stereocenters. The lowest BCUT2D eigenvalue weighted by atomic mass is 10.2. The second-order valence-electron chi connectivity index (χ2n) is 1.77. The Morgan fingerprint density at radius 3 is 2.43 bits per heavy atom. The lowest BCUT2D eigenvalue weighted by Crippen LogP contribution is -1.95. The van der Waals surface area contributed by atoms with Crippen LogP contribution in [0.5, 0.6) is 0 Å². The molecule has 0 amide bonds. The number of rotatable bonds is 3. The molecule has 0 nitrogen and oxygen atoms in total. The maximum atomic E-state index is 5.50. The summed E-state index contributed by atoms with van der Waals surface area (Å²) in [7, 11) is 0. The molecule has 0 saturated heterocycles. The molecular weight excluding hydrogens is 128 g/mol. The van der Waals surface area contributed by atoms with Gasteiger partial charge < -0.3 is 0 Å². The molecule has 0 radical (unpaired) electrons. The van der Waals surface area contributed by atoms with Crippen LogP contribution >= 0.6 is 24.2 Å². The maximum Gasteiger partial charge on any atom is 0.0249 e. The lowest BCUT2D eigenvalue weighted by molar-refractivity contribution is 0.640. The highest BCUT2D eigenvalue weighted by atomic mass is 35.5. The summed E-state index contributed by atoms with van der Waals surface area (Å²) in [5.41, 5.74) is 0. The fraction of sp³-hybridized carbons (Fsp3) is 1.00. The summed E-state index contributed by atoms with van der Waals surface area (Å²) in [5, 5.41) is 0. The van der Waals surface area contributed by atoms with E-state index in [4.69, 9.17) is 11.6 Å². The number of halogens is 1. The first-order valence-electron chi connectivity index (χ1n) is 2.48. The van der Waals surface area contributed by atoms with Crippen LogP contribution < -0.4 is 0 Å². The zero-order chi connectivity index (χ0) is 5.70. The highest BCUT2D eigenvalue weighted by molar-refractivity contribution is 7.80. The molecule has 0 aromatic heterocycles. The van der Waals surface area contributed by atoms with Gasteiger partial charge in [0.25, 0.3) is 0 Å². The van der Waals surface area contributed by atoms with Crippen molar-refractivity contribution in [2.45, 2.75) is 13.3 Å². The van der Waals surface area contributed by atoms with Gasteiger partial charge in [0, 0.05) is 5.88 Å². The number of hydrogen-bond donors (Lipinski definition) is 1. The van der Waals surface area contributed by atoms with Gasteiger partial charge >= 0.3 is 0 Å². The predicted octanol–water partition coefficient (Wildman–Crippen LogP) is 2.18. The van der Waals surface area contributed by atoms with E-state index in [1.165, 1.54) is 0 Å². The molecule has 0 fully saturated rings. The lowest BCUT2D eigenvalue weighted by Gasteiger charge is -2.00. The van der Waals surface area contributed by atoms with Crippen molar-refractivity contribution in [3.05, 3.63) is 0 Å². The molecule has 1 unspecified atom stereocenters. The van der Waals surface area contributed by atoms with Crippen LogP contribution in [0.2, 0.25) is 0 Å². The molecule has 0 aromatic rings. The van der Waals surface area contributed by atoms with Crippen LogP contribution in [0.25, 0.3) is 0 Å². The first-order chi connectivity index (χ1) is 3.31. The van der Waals surface area contributed by atoms with Gasteiger partial charge in [0.1, 0.15) is 0 Å². The van der Waals surface area contributed by atoms with E-state index < -0.39 is 0 Å². The number of hydrogen-bond acceptors (Lipinski definition) is 1. The first kappa shape index (κ1) is 7.64. The minimum atomic E-state index is 0.638. The second-order valence-corrected chi connectivity index (χ2v) is 2.53. The molecule has 7 heavy (non-hydrogen) atoms. The summed E-state index contributed by atoms with van der Waals surface area (Å²) in [6.45, 7) is 2.13. The maximum absolute atomic E-state index is 5.50. The van der Waals surface area contributed by atoms with Crippen molar-refractivity contribution >= 4 is 24.2 Å². The van der Waals surface area contributed by atoms with Gasteiger partial charge in [-0.1, -0.05) is 6.92 Å². The summed E-state index contributed by atoms with van der Waals surface area (Å²) in [6.07, 6.45) is 1.13. The molecule has 0 heterocycles. The fourth-order valence-electron chi connectivity index (χ4n) is 0.298. The monoisotopic (exact) mass is 138 g/mol. The zero-order valence-corrected chi connectivity index (χ0v) is 6.17. The van der Waals surface area contributed by atoms with Gasteiger partial charge in [-0.15, -0.1) is 11.6 Å².